The van der Waals surface area contributed by atoms with E-state index in [9.17, 15) is 0 Å². The van der Waals surface area contributed by atoms with Gasteiger partial charge in [0.2, 0.25) is 5.95 Å². The first-order valence-corrected chi connectivity index (χ1v) is 7.06. The van der Waals surface area contributed by atoms with Gasteiger partial charge in [0.05, 0.1) is 22.7 Å². The van der Waals surface area contributed by atoms with Gasteiger partial charge in [0.1, 0.15) is 0 Å². The number of hydrogen-bond donors (Lipinski definition) is 1. The van der Waals surface area contributed by atoms with E-state index in [4.69, 9.17) is 11.6 Å². The standard InChI is InChI=1S/C15H18ClN5/c1-4-21(3)10-19-12-8-11(2)9-13(14(12)16)20-15-17-6-5-7-18-15/h5-10H,4H2,1-3H3,(H,17,18,20)/b19-10-. The van der Waals surface area contributed by atoms with Crippen LogP contribution in [0.25, 0.3) is 0 Å². The summed E-state index contributed by atoms with van der Waals surface area (Å²) in [5.41, 5.74) is 2.52. The number of aliphatic imine (C=N–C) groups is 1. The number of aromatic nitrogens is 2. The lowest BCUT2D eigenvalue weighted by Gasteiger charge is -2.12. The molecule has 21 heavy (non-hydrogen) atoms. The van der Waals surface area contributed by atoms with Gasteiger partial charge in [-0.15, -0.1) is 0 Å². The molecule has 0 amide bonds. The first-order chi connectivity index (χ1) is 10.1. The van der Waals surface area contributed by atoms with Gasteiger partial charge in [-0.1, -0.05) is 11.6 Å². The van der Waals surface area contributed by atoms with Crippen molar-refractivity contribution in [1.82, 2.24) is 14.9 Å². The number of aryl methyl sites for hydroxylation is 1. The molecule has 0 bridgehead atoms. The highest BCUT2D eigenvalue weighted by Crippen LogP contribution is 2.34. The number of nitrogens with zero attached hydrogens (tertiary/aromatic N) is 4. The maximum atomic E-state index is 6.41. The highest BCUT2D eigenvalue weighted by molar-refractivity contribution is 6.35. The van der Waals surface area contributed by atoms with Gasteiger partial charge < -0.3 is 10.2 Å². The molecular weight excluding hydrogens is 286 g/mol. The fourth-order valence-corrected chi connectivity index (χ4v) is 1.87. The Morgan fingerprint density at radius 2 is 2.05 bits per heavy atom. The molecule has 1 heterocycles. The second-order valence-corrected chi connectivity index (χ2v) is 5.04. The van der Waals surface area contributed by atoms with E-state index in [0.717, 1.165) is 23.5 Å². The minimum atomic E-state index is 0.505. The van der Waals surface area contributed by atoms with Crippen LogP contribution in [-0.4, -0.2) is 34.8 Å². The summed E-state index contributed by atoms with van der Waals surface area (Å²) < 4.78 is 0. The minimum Gasteiger partial charge on any atom is -0.366 e. The van der Waals surface area contributed by atoms with Crippen molar-refractivity contribution in [2.75, 3.05) is 18.9 Å². The predicted octanol–water partition coefficient (Wildman–Crippen LogP) is 3.79. The molecule has 0 atom stereocenters. The first-order valence-electron chi connectivity index (χ1n) is 6.68. The Labute approximate surface area is 129 Å². The zero-order chi connectivity index (χ0) is 15.2. The van der Waals surface area contributed by atoms with Crippen LogP contribution < -0.4 is 5.32 Å². The Bertz CT molecular complexity index is 627. The Hall–Kier alpha value is -2.14. The van der Waals surface area contributed by atoms with Crippen LogP contribution in [0, 0.1) is 6.92 Å². The Morgan fingerprint density at radius 1 is 1.33 bits per heavy atom. The summed E-state index contributed by atoms with van der Waals surface area (Å²) >= 11 is 6.41. The van der Waals surface area contributed by atoms with Crippen molar-refractivity contribution in [3.05, 3.63) is 41.2 Å². The molecule has 0 aliphatic rings. The van der Waals surface area contributed by atoms with Crippen LogP contribution in [0.4, 0.5) is 17.3 Å². The molecule has 0 fully saturated rings. The molecule has 0 aliphatic heterocycles. The van der Waals surface area contributed by atoms with E-state index in [1.165, 1.54) is 0 Å². The average Bonchev–Trinajstić information content (AvgIpc) is 2.49. The number of nitrogens with one attached hydrogen (secondary N) is 1. The summed E-state index contributed by atoms with van der Waals surface area (Å²) in [5, 5.41) is 3.66. The largest absolute Gasteiger partial charge is 0.366 e. The van der Waals surface area contributed by atoms with Crippen LogP contribution in [0.2, 0.25) is 5.02 Å². The lowest BCUT2D eigenvalue weighted by Crippen LogP contribution is -2.14. The molecular formula is C15H18ClN5. The zero-order valence-electron chi connectivity index (χ0n) is 12.3. The van der Waals surface area contributed by atoms with Crippen LogP contribution in [0.3, 0.4) is 0 Å². The fraction of sp³-hybridized carbons (Fsp3) is 0.267. The van der Waals surface area contributed by atoms with Gasteiger partial charge in [0.15, 0.2) is 0 Å². The quantitative estimate of drug-likeness (QED) is 0.674. The van der Waals surface area contributed by atoms with Crippen LogP contribution in [0.15, 0.2) is 35.6 Å². The average molecular weight is 304 g/mol. The summed E-state index contributed by atoms with van der Waals surface area (Å²) in [7, 11) is 1.96. The third-order valence-electron chi connectivity index (χ3n) is 2.90. The highest BCUT2D eigenvalue weighted by Gasteiger charge is 2.08. The third-order valence-corrected chi connectivity index (χ3v) is 3.30. The second kappa shape index (κ2) is 7.04. The molecule has 1 N–H and O–H groups in total. The van der Waals surface area contributed by atoms with Gasteiger partial charge in [0.25, 0.3) is 0 Å². The van der Waals surface area contributed by atoms with E-state index in [2.05, 4.69) is 27.2 Å². The fourth-order valence-electron chi connectivity index (χ4n) is 1.66. The van der Waals surface area contributed by atoms with Crippen molar-refractivity contribution in [3.8, 4) is 0 Å². The number of rotatable bonds is 5. The van der Waals surface area contributed by atoms with Crippen LogP contribution in [0.1, 0.15) is 12.5 Å². The Balaban J connectivity index is 2.30. The van der Waals surface area contributed by atoms with Crippen molar-refractivity contribution in [3.63, 3.8) is 0 Å². The molecule has 1 aromatic heterocycles. The van der Waals surface area contributed by atoms with E-state index in [-0.39, 0.29) is 0 Å². The number of anilines is 2. The molecule has 0 radical (unpaired) electrons. The molecule has 110 valence electrons. The van der Waals surface area contributed by atoms with Crippen molar-refractivity contribution < 1.29 is 0 Å². The number of hydrogen-bond acceptors (Lipinski definition) is 4. The maximum absolute atomic E-state index is 6.41. The molecule has 2 aromatic rings. The van der Waals surface area contributed by atoms with E-state index >= 15 is 0 Å². The molecule has 0 unspecified atom stereocenters. The summed E-state index contributed by atoms with van der Waals surface area (Å²) in [5.74, 6) is 0.505. The van der Waals surface area contributed by atoms with Crippen LogP contribution in [0.5, 0.6) is 0 Å². The Morgan fingerprint density at radius 3 is 2.71 bits per heavy atom. The number of halogens is 1. The van der Waals surface area contributed by atoms with Gasteiger partial charge in [-0.25, -0.2) is 15.0 Å². The topological polar surface area (TPSA) is 53.4 Å². The van der Waals surface area contributed by atoms with Gasteiger partial charge in [-0.2, -0.15) is 0 Å². The smallest absolute Gasteiger partial charge is 0.227 e. The molecule has 5 nitrogen and oxygen atoms in total. The van der Waals surface area contributed by atoms with Gasteiger partial charge in [-0.05, 0) is 37.6 Å². The zero-order valence-corrected chi connectivity index (χ0v) is 13.1. The lowest BCUT2D eigenvalue weighted by atomic mass is 10.2. The van der Waals surface area contributed by atoms with E-state index in [1.54, 1.807) is 24.8 Å². The molecule has 1 aromatic carbocycles. The third kappa shape index (κ3) is 4.16. The summed E-state index contributed by atoms with van der Waals surface area (Å²) in [6.07, 6.45) is 5.12. The Kier molecular flexibility index (Phi) is 5.11. The van der Waals surface area contributed by atoms with E-state index in [0.29, 0.717) is 11.0 Å². The molecule has 0 spiro atoms. The molecule has 0 saturated carbocycles. The lowest BCUT2D eigenvalue weighted by molar-refractivity contribution is 0.552. The first kappa shape index (κ1) is 15.3. The van der Waals surface area contributed by atoms with Crippen molar-refractivity contribution >= 4 is 35.3 Å². The van der Waals surface area contributed by atoms with Crippen LogP contribution >= 0.6 is 11.6 Å². The predicted molar refractivity (Wildman–Crippen MR) is 88.0 cm³/mol. The van der Waals surface area contributed by atoms with Crippen molar-refractivity contribution in [1.29, 1.82) is 0 Å². The van der Waals surface area contributed by atoms with E-state index < -0.39 is 0 Å². The normalized spacial score (nSPS) is 10.9. The second-order valence-electron chi connectivity index (χ2n) is 4.66. The summed E-state index contributed by atoms with van der Waals surface area (Å²) in [4.78, 5) is 14.7. The summed E-state index contributed by atoms with van der Waals surface area (Å²) in [6.45, 7) is 4.94. The van der Waals surface area contributed by atoms with Gasteiger partial charge in [0, 0.05) is 26.0 Å². The van der Waals surface area contributed by atoms with Crippen molar-refractivity contribution in [2.45, 2.75) is 13.8 Å². The van der Waals surface area contributed by atoms with Gasteiger partial charge in [-0.3, -0.25) is 0 Å². The number of benzene rings is 1. The van der Waals surface area contributed by atoms with Crippen molar-refractivity contribution in [2.24, 2.45) is 4.99 Å². The molecule has 6 heteroatoms. The van der Waals surface area contributed by atoms with Gasteiger partial charge >= 0.3 is 0 Å². The highest BCUT2D eigenvalue weighted by atomic mass is 35.5. The SMILES string of the molecule is CCN(C)/C=N\c1cc(C)cc(Nc2ncccn2)c1Cl. The van der Waals surface area contributed by atoms with Crippen LogP contribution in [-0.2, 0) is 0 Å². The van der Waals surface area contributed by atoms with E-state index in [1.807, 2.05) is 31.0 Å². The maximum Gasteiger partial charge on any atom is 0.227 e. The minimum absolute atomic E-state index is 0.505. The summed E-state index contributed by atoms with van der Waals surface area (Å²) in [6, 6.07) is 5.65. The molecule has 0 saturated heterocycles. The molecule has 0 aliphatic carbocycles. The molecule has 2 rings (SSSR count). The monoisotopic (exact) mass is 303 g/mol.